The summed E-state index contributed by atoms with van der Waals surface area (Å²) in [5.74, 6) is 1.37. The third kappa shape index (κ3) is 3.31. The molecule has 1 aliphatic carbocycles. The fourth-order valence-corrected chi connectivity index (χ4v) is 3.54. The number of halogens is 1. The summed E-state index contributed by atoms with van der Waals surface area (Å²) in [7, 11) is -3.70. The fraction of sp³-hybridized carbons (Fsp3) is 0.267. The maximum Gasteiger partial charge on any atom is 0.238 e. The summed E-state index contributed by atoms with van der Waals surface area (Å²) in [6.45, 7) is 0. The van der Waals surface area contributed by atoms with Crippen molar-refractivity contribution in [2.24, 2.45) is 5.14 Å². The summed E-state index contributed by atoms with van der Waals surface area (Å²) >= 11 is 3.34. The van der Waals surface area contributed by atoms with Gasteiger partial charge >= 0.3 is 0 Å². The van der Waals surface area contributed by atoms with Crippen LogP contribution in [0.1, 0.15) is 30.7 Å². The molecular weight excluding hydrogens is 366 g/mol. The average Bonchev–Trinajstić information content (AvgIpc) is 2.40. The quantitative estimate of drug-likeness (QED) is 0.848. The van der Waals surface area contributed by atoms with Crippen molar-refractivity contribution < 1.29 is 8.42 Å². The molecule has 1 fully saturated rings. The Labute approximate surface area is 138 Å². The predicted octanol–water partition coefficient (Wildman–Crippen LogP) is 3.50. The molecule has 3 N–H and O–H groups in total. The smallest absolute Gasteiger partial charge is 0.238 e. The van der Waals surface area contributed by atoms with Gasteiger partial charge < -0.3 is 5.32 Å². The van der Waals surface area contributed by atoms with Crippen molar-refractivity contribution in [3.8, 4) is 0 Å². The number of anilines is 2. The first-order chi connectivity index (χ1) is 10.4. The van der Waals surface area contributed by atoms with Crippen molar-refractivity contribution in [1.82, 2.24) is 4.98 Å². The van der Waals surface area contributed by atoms with E-state index in [0.29, 0.717) is 16.2 Å². The van der Waals surface area contributed by atoms with Crippen LogP contribution < -0.4 is 10.5 Å². The number of pyridine rings is 1. The second-order valence-corrected chi connectivity index (χ2v) is 7.83. The molecule has 1 saturated carbocycles. The van der Waals surface area contributed by atoms with Crippen molar-refractivity contribution in [1.29, 1.82) is 0 Å². The zero-order valence-electron chi connectivity index (χ0n) is 11.8. The van der Waals surface area contributed by atoms with Gasteiger partial charge in [0.2, 0.25) is 10.0 Å². The number of sulfonamides is 1. The summed E-state index contributed by atoms with van der Waals surface area (Å²) < 4.78 is 23.2. The third-order valence-corrected chi connectivity index (χ3v) is 5.46. The molecule has 0 spiro atoms. The molecule has 0 bridgehead atoms. The number of nitrogens with two attached hydrogens (primary N) is 1. The Kier molecular flexibility index (Phi) is 4.20. The molecule has 0 saturated heterocycles. The number of primary sulfonamides is 1. The first-order valence-electron chi connectivity index (χ1n) is 6.99. The largest absolute Gasteiger partial charge is 0.339 e. The van der Waals surface area contributed by atoms with Crippen LogP contribution >= 0.6 is 15.9 Å². The Morgan fingerprint density at radius 1 is 1.23 bits per heavy atom. The van der Waals surface area contributed by atoms with Crippen LogP contribution in [0.25, 0.3) is 0 Å². The van der Waals surface area contributed by atoms with Crippen LogP contribution in [0.2, 0.25) is 0 Å². The molecule has 1 heterocycles. The molecule has 5 nitrogen and oxygen atoms in total. The number of hydrogen-bond donors (Lipinski definition) is 2. The minimum absolute atomic E-state index is 0.0678. The lowest BCUT2D eigenvalue weighted by atomic mass is 9.81. The SMILES string of the molecule is NS(=O)(=O)c1ccc(Nc2ccc(C3CCC3)cn2)c(Br)c1. The molecule has 22 heavy (non-hydrogen) atoms. The average molecular weight is 382 g/mol. The molecule has 116 valence electrons. The van der Waals surface area contributed by atoms with E-state index in [1.807, 2.05) is 12.3 Å². The van der Waals surface area contributed by atoms with Crippen LogP contribution in [0.3, 0.4) is 0 Å². The number of aromatic nitrogens is 1. The van der Waals surface area contributed by atoms with E-state index < -0.39 is 10.0 Å². The van der Waals surface area contributed by atoms with Crippen molar-refractivity contribution in [2.75, 3.05) is 5.32 Å². The second kappa shape index (κ2) is 5.98. The summed E-state index contributed by atoms with van der Waals surface area (Å²) in [6, 6.07) is 8.62. The van der Waals surface area contributed by atoms with Gasteiger partial charge in [0, 0.05) is 10.7 Å². The van der Waals surface area contributed by atoms with Gasteiger partial charge in [-0.1, -0.05) is 12.5 Å². The van der Waals surface area contributed by atoms with Crippen LogP contribution in [0.15, 0.2) is 45.9 Å². The normalized spacial score (nSPS) is 15.4. The van der Waals surface area contributed by atoms with Gasteiger partial charge in [-0.15, -0.1) is 0 Å². The molecule has 0 aliphatic heterocycles. The van der Waals surface area contributed by atoms with Crippen molar-refractivity contribution in [3.05, 3.63) is 46.6 Å². The number of nitrogens with one attached hydrogen (secondary N) is 1. The van der Waals surface area contributed by atoms with E-state index in [2.05, 4.69) is 32.3 Å². The first-order valence-corrected chi connectivity index (χ1v) is 9.33. The summed E-state index contributed by atoms with van der Waals surface area (Å²) in [4.78, 5) is 4.48. The van der Waals surface area contributed by atoms with Crippen LogP contribution in [-0.2, 0) is 10.0 Å². The van der Waals surface area contributed by atoms with E-state index in [1.165, 1.54) is 37.0 Å². The lowest BCUT2D eigenvalue weighted by Crippen LogP contribution is -2.12. The number of benzene rings is 1. The highest BCUT2D eigenvalue weighted by Gasteiger charge is 2.19. The number of hydrogen-bond acceptors (Lipinski definition) is 4. The van der Waals surface area contributed by atoms with Crippen LogP contribution in [-0.4, -0.2) is 13.4 Å². The van der Waals surface area contributed by atoms with Crippen molar-refractivity contribution in [3.63, 3.8) is 0 Å². The first kappa shape index (κ1) is 15.5. The van der Waals surface area contributed by atoms with Crippen molar-refractivity contribution >= 4 is 37.5 Å². The van der Waals surface area contributed by atoms with Gasteiger partial charge in [0.25, 0.3) is 0 Å². The van der Waals surface area contributed by atoms with Crippen LogP contribution in [0.5, 0.6) is 0 Å². The van der Waals surface area contributed by atoms with Crippen LogP contribution in [0, 0.1) is 0 Å². The zero-order valence-corrected chi connectivity index (χ0v) is 14.2. The molecule has 0 unspecified atom stereocenters. The highest BCUT2D eigenvalue weighted by molar-refractivity contribution is 9.10. The van der Waals surface area contributed by atoms with E-state index in [9.17, 15) is 8.42 Å². The topological polar surface area (TPSA) is 85.1 Å². The molecule has 3 rings (SSSR count). The molecule has 7 heteroatoms. The minimum Gasteiger partial charge on any atom is -0.339 e. The lowest BCUT2D eigenvalue weighted by molar-refractivity contribution is 0.419. The maximum absolute atomic E-state index is 11.3. The zero-order chi connectivity index (χ0) is 15.7. The molecule has 0 atom stereocenters. The molecule has 1 aliphatic rings. The van der Waals surface area contributed by atoms with Gasteiger partial charge in [-0.2, -0.15) is 0 Å². The molecule has 1 aromatic heterocycles. The summed E-state index contributed by atoms with van der Waals surface area (Å²) in [6.07, 6.45) is 5.69. The van der Waals surface area contributed by atoms with E-state index in [1.54, 1.807) is 6.07 Å². The molecular formula is C15H16BrN3O2S. The van der Waals surface area contributed by atoms with E-state index in [0.717, 1.165) is 5.69 Å². The third-order valence-electron chi connectivity index (χ3n) is 3.89. The number of rotatable bonds is 4. The van der Waals surface area contributed by atoms with Crippen molar-refractivity contribution in [2.45, 2.75) is 30.1 Å². The molecule has 2 aromatic rings. The molecule has 0 radical (unpaired) electrons. The summed E-state index contributed by atoms with van der Waals surface area (Å²) in [5.41, 5.74) is 2.01. The predicted molar refractivity (Wildman–Crippen MR) is 89.6 cm³/mol. The lowest BCUT2D eigenvalue weighted by Gasteiger charge is -2.25. The Hall–Kier alpha value is -1.44. The Morgan fingerprint density at radius 3 is 2.50 bits per heavy atom. The Bertz CT molecular complexity index is 787. The van der Waals surface area contributed by atoms with E-state index in [4.69, 9.17) is 5.14 Å². The monoisotopic (exact) mass is 381 g/mol. The van der Waals surface area contributed by atoms with Gasteiger partial charge in [0.15, 0.2) is 0 Å². The van der Waals surface area contributed by atoms with Gasteiger partial charge in [-0.25, -0.2) is 18.5 Å². The van der Waals surface area contributed by atoms with Gasteiger partial charge in [0.1, 0.15) is 5.82 Å². The molecule has 1 aromatic carbocycles. The highest BCUT2D eigenvalue weighted by atomic mass is 79.9. The maximum atomic E-state index is 11.3. The van der Waals surface area contributed by atoms with E-state index >= 15 is 0 Å². The van der Waals surface area contributed by atoms with E-state index in [-0.39, 0.29) is 4.90 Å². The van der Waals surface area contributed by atoms with Gasteiger partial charge in [-0.3, -0.25) is 0 Å². The fourth-order valence-electron chi connectivity index (χ4n) is 2.37. The van der Waals surface area contributed by atoms with Crippen LogP contribution in [0.4, 0.5) is 11.5 Å². The Balaban J connectivity index is 1.78. The van der Waals surface area contributed by atoms with Gasteiger partial charge in [0.05, 0.1) is 10.6 Å². The second-order valence-electron chi connectivity index (χ2n) is 5.42. The minimum atomic E-state index is -3.70. The standard InChI is InChI=1S/C15H16BrN3O2S/c16-13-8-12(22(17,20)21)5-6-14(13)19-15-7-4-11(9-18-15)10-2-1-3-10/h4-10H,1-3H2,(H,18,19)(H2,17,20,21). The Morgan fingerprint density at radius 2 is 2.00 bits per heavy atom. The molecule has 0 amide bonds. The number of nitrogens with zero attached hydrogens (tertiary/aromatic N) is 1. The van der Waals surface area contributed by atoms with Gasteiger partial charge in [-0.05, 0) is 64.5 Å². The highest BCUT2D eigenvalue weighted by Crippen LogP contribution is 2.36. The summed E-state index contributed by atoms with van der Waals surface area (Å²) in [5, 5.41) is 8.27.